The monoisotopic (exact) mass is 280 g/mol. The molecule has 0 saturated heterocycles. The van der Waals surface area contributed by atoms with E-state index in [1.807, 2.05) is 32.9 Å². The molecule has 0 bridgehead atoms. The van der Waals surface area contributed by atoms with E-state index in [0.717, 1.165) is 22.3 Å². The van der Waals surface area contributed by atoms with Crippen LogP contribution < -0.4 is 4.74 Å². The van der Waals surface area contributed by atoms with Gasteiger partial charge in [0.15, 0.2) is 0 Å². The fourth-order valence-corrected chi connectivity index (χ4v) is 2.52. The molecule has 3 rings (SSSR count). The van der Waals surface area contributed by atoms with Crippen LogP contribution >= 0.6 is 0 Å². The number of carbonyl (C=O) groups excluding carboxylic acids is 1. The number of hydrogen-bond acceptors (Lipinski definition) is 3. The van der Waals surface area contributed by atoms with Crippen molar-refractivity contribution in [2.45, 2.75) is 20.8 Å². The smallest absolute Gasteiger partial charge is 0.345 e. The molecule has 4 nitrogen and oxygen atoms in total. The third-order valence-corrected chi connectivity index (χ3v) is 3.42. The first-order chi connectivity index (χ1) is 10.0. The predicted molar refractivity (Wildman–Crippen MR) is 80.8 cm³/mol. The molecule has 21 heavy (non-hydrogen) atoms. The van der Waals surface area contributed by atoms with E-state index >= 15 is 0 Å². The largest absolute Gasteiger partial charge is 0.422 e. The second kappa shape index (κ2) is 5.05. The van der Waals surface area contributed by atoms with Crippen LogP contribution in [-0.4, -0.2) is 15.4 Å². The molecule has 3 aromatic rings. The van der Waals surface area contributed by atoms with Gasteiger partial charge in [-0.05, 0) is 44.0 Å². The van der Waals surface area contributed by atoms with Crippen LogP contribution in [-0.2, 0) is 0 Å². The van der Waals surface area contributed by atoms with Gasteiger partial charge in [-0.2, -0.15) is 0 Å². The minimum atomic E-state index is -0.361. The van der Waals surface area contributed by atoms with E-state index in [4.69, 9.17) is 4.74 Å². The summed E-state index contributed by atoms with van der Waals surface area (Å²) in [5.41, 5.74) is 4.38. The number of hydrogen-bond donors (Lipinski definition) is 0. The molecule has 0 atom stereocenters. The molecule has 0 aliphatic rings. The van der Waals surface area contributed by atoms with Crippen molar-refractivity contribution in [1.82, 2.24) is 9.38 Å². The average molecular weight is 280 g/mol. The molecule has 1 aromatic carbocycles. The average Bonchev–Trinajstić information content (AvgIpc) is 2.89. The molecule has 106 valence electrons. The quantitative estimate of drug-likeness (QED) is 0.533. The lowest BCUT2D eigenvalue weighted by Gasteiger charge is -2.11. The Balaban J connectivity index is 1.92. The Morgan fingerprint density at radius 2 is 1.86 bits per heavy atom. The molecule has 0 amide bonds. The minimum absolute atomic E-state index is 0.361. The molecule has 0 fully saturated rings. The van der Waals surface area contributed by atoms with Gasteiger partial charge in [0.1, 0.15) is 11.4 Å². The molecule has 0 unspecified atom stereocenters. The first kappa shape index (κ1) is 13.4. The van der Waals surface area contributed by atoms with Crippen LogP contribution in [0.2, 0.25) is 0 Å². The normalized spacial score (nSPS) is 10.8. The highest BCUT2D eigenvalue weighted by Gasteiger charge is 2.13. The number of rotatable bonds is 2. The van der Waals surface area contributed by atoms with E-state index in [1.54, 1.807) is 35.1 Å². The summed E-state index contributed by atoms with van der Waals surface area (Å²) in [6.45, 7) is 5.92. The second-order valence-corrected chi connectivity index (χ2v) is 5.23. The molecule has 0 aliphatic carbocycles. The third kappa shape index (κ3) is 2.52. The molecule has 2 aromatic heterocycles. The molecule has 2 heterocycles. The fraction of sp³-hybridized carbons (Fsp3) is 0.176. The van der Waals surface area contributed by atoms with Crippen molar-refractivity contribution in [1.29, 1.82) is 0 Å². The van der Waals surface area contributed by atoms with Crippen LogP contribution in [0.25, 0.3) is 5.65 Å². The van der Waals surface area contributed by atoms with Gasteiger partial charge in [-0.3, -0.25) is 0 Å². The zero-order valence-corrected chi connectivity index (χ0v) is 12.3. The van der Waals surface area contributed by atoms with Gasteiger partial charge in [-0.25, -0.2) is 9.78 Å². The van der Waals surface area contributed by atoms with Gasteiger partial charge in [-0.1, -0.05) is 17.7 Å². The van der Waals surface area contributed by atoms with E-state index < -0.39 is 0 Å². The second-order valence-electron chi connectivity index (χ2n) is 5.23. The summed E-state index contributed by atoms with van der Waals surface area (Å²) >= 11 is 0. The molecule has 0 aliphatic heterocycles. The molecular weight excluding hydrogens is 264 g/mol. The number of imidazole rings is 1. The van der Waals surface area contributed by atoms with E-state index in [-0.39, 0.29) is 5.97 Å². The molecule has 4 heteroatoms. The van der Waals surface area contributed by atoms with Crippen molar-refractivity contribution < 1.29 is 9.53 Å². The number of aryl methyl sites for hydroxylation is 3. The Morgan fingerprint density at radius 3 is 2.57 bits per heavy atom. The van der Waals surface area contributed by atoms with Crippen molar-refractivity contribution in [2.75, 3.05) is 0 Å². The number of esters is 1. The van der Waals surface area contributed by atoms with Crippen LogP contribution in [0.5, 0.6) is 5.75 Å². The van der Waals surface area contributed by atoms with Gasteiger partial charge >= 0.3 is 5.97 Å². The maximum absolute atomic E-state index is 12.3. The highest BCUT2D eigenvalue weighted by atomic mass is 16.5. The first-order valence-electron chi connectivity index (χ1n) is 6.77. The van der Waals surface area contributed by atoms with Crippen LogP contribution in [0.15, 0.2) is 42.9 Å². The molecule has 0 spiro atoms. The van der Waals surface area contributed by atoms with Gasteiger partial charge in [0.05, 0.1) is 5.56 Å². The van der Waals surface area contributed by atoms with Crippen molar-refractivity contribution in [2.24, 2.45) is 0 Å². The number of carbonyl (C=O) groups is 1. The number of aromatic nitrogens is 2. The van der Waals surface area contributed by atoms with Gasteiger partial charge in [0.2, 0.25) is 0 Å². The molecular formula is C17H16N2O2. The maximum Gasteiger partial charge on any atom is 0.345 e. The fourth-order valence-electron chi connectivity index (χ4n) is 2.52. The summed E-state index contributed by atoms with van der Waals surface area (Å²) in [6, 6.07) is 7.54. The Kier molecular flexibility index (Phi) is 3.22. The summed E-state index contributed by atoms with van der Waals surface area (Å²) in [5.74, 6) is 0.275. The number of nitrogens with zero attached hydrogens (tertiary/aromatic N) is 2. The van der Waals surface area contributed by atoms with Crippen molar-refractivity contribution in [3.63, 3.8) is 0 Å². The highest BCUT2D eigenvalue weighted by molar-refractivity contribution is 5.91. The molecule has 0 saturated carbocycles. The number of ether oxygens (including phenoxy) is 1. The zero-order valence-electron chi connectivity index (χ0n) is 12.3. The Bertz CT molecular complexity index is 811. The maximum atomic E-state index is 12.3. The third-order valence-electron chi connectivity index (χ3n) is 3.42. The zero-order chi connectivity index (χ0) is 15.0. The van der Waals surface area contributed by atoms with Crippen LogP contribution in [0, 0.1) is 20.8 Å². The Morgan fingerprint density at radius 1 is 1.14 bits per heavy atom. The summed E-state index contributed by atoms with van der Waals surface area (Å²) < 4.78 is 7.37. The Hall–Kier alpha value is -2.62. The highest BCUT2D eigenvalue weighted by Crippen LogP contribution is 2.25. The minimum Gasteiger partial charge on any atom is -0.422 e. The van der Waals surface area contributed by atoms with Gasteiger partial charge in [0, 0.05) is 18.6 Å². The predicted octanol–water partition coefficient (Wildman–Crippen LogP) is 3.48. The van der Waals surface area contributed by atoms with Crippen LogP contribution in [0.4, 0.5) is 0 Å². The summed E-state index contributed by atoms with van der Waals surface area (Å²) in [5, 5.41) is 0. The van der Waals surface area contributed by atoms with E-state index in [1.165, 1.54) is 0 Å². The van der Waals surface area contributed by atoms with Gasteiger partial charge < -0.3 is 9.14 Å². The van der Waals surface area contributed by atoms with Crippen molar-refractivity contribution in [3.05, 3.63) is 65.1 Å². The molecule has 0 N–H and O–H groups in total. The number of fused-ring (bicyclic) bond motifs is 1. The van der Waals surface area contributed by atoms with Crippen molar-refractivity contribution in [3.8, 4) is 5.75 Å². The van der Waals surface area contributed by atoms with E-state index in [0.29, 0.717) is 11.3 Å². The standard InChI is InChI=1S/C17H16N2O2/c1-11-8-12(2)16(13(3)9-11)21-17(20)14-4-5-15-18-6-7-19(15)10-14/h4-10H,1-3H3. The number of pyridine rings is 1. The summed E-state index contributed by atoms with van der Waals surface area (Å²) in [4.78, 5) is 16.5. The summed E-state index contributed by atoms with van der Waals surface area (Å²) in [6.07, 6.45) is 5.22. The SMILES string of the molecule is Cc1cc(C)c(OC(=O)c2ccc3nccn3c2)c(C)c1. The van der Waals surface area contributed by atoms with E-state index in [2.05, 4.69) is 4.98 Å². The van der Waals surface area contributed by atoms with Gasteiger partial charge in [-0.15, -0.1) is 0 Å². The lowest BCUT2D eigenvalue weighted by molar-refractivity contribution is 0.0731. The lowest BCUT2D eigenvalue weighted by Crippen LogP contribution is -2.11. The topological polar surface area (TPSA) is 43.6 Å². The Labute approximate surface area is 123 Å². The summed E-state index contributed by atoms with van der Waals surface area (Å²) in [7, 11) is 0. The first-order valence-corrected chi connectivity index (χ1v) is 6.77. The van der Waals surface area contributed by atoms with Crippen LogP contribution in [0.1, 0.15) is 27.0 Å². The van der Waals surface area contributed by atoms with Gasteiger partial charge in [0.25, 0.3) is 0 Å². The number of benzene rings is 1. The van der Waals surface area contributed by atoms with E-state index in [9.17, 15) is 4.79 Å². The molecule has 0 radical (unpaired) electrons. The van der Waals surface area contributed by atoms with Crippen LogP contribution in [0.3, 0.4) is 0 Å². The lowest BCUT2D eigenvalue weighted by atomic mass is 10.1. The van der Waals surface area contributed by atoms with Crippen molar-refractivity contribution >= 4 is 11.6 Å².